The van der Waals surface area contributed by atoms with Crippen LogP contribution in [-0.2, 0) is 12.8 Å². The van der Waals surface area contributed by atoms with Gasteiger partial charge in [0.25, 0.3) is 0 Å². The first kappa shape index (κ1) is 21.2. The molecule has 164 valence electrons. The minimum absolute atomic E-state index is 0.128. The molecule has 2 nitrogen and oxygen atoms in total. The Labute approximate surface area is 195 Å². The molecule has 0 heterocycles. The number of carbonyl (C=O) groups is 1. The van der Waals surface area contributed by atoms with Crippen molar-refractivity contribution in [1.82, 2.24) is 0 Å². The maximum absolute atomic E-state index is 13.9. The summed E-state index contributed by atoms with van der Waals surface area (Å²) in [4.78, 5) is 13.9. The molecule has 0 radical (unpaired) electrons. The second kappa shape index (κ2) is 8.37. The van der Waals surface area contributed by atoms with E-state index in [2.05, 4.69) is 63.2 Å². The van der Waals surface area contributed by atoms with Crippen molar-refractivity contribution in [3.8, 4) is 39.1 Å². The molecule has 4 aromatic rings. The van der Waals surface area contributed by atoms with Gasteiger partial charge in [-0.2, -0.15) is 0 Å². The van der Waals surface area contributed by atoms with Crippen LogP contribution in [0.4, 0.5) is 0 Å². The largest absolute Gasteiger partial charge is 0.497 e. The van der Waals surface area contributed by atoms with Crippen LogP contribution in [0.3, 0.4) is 0 Å². The SMILES string of the molecule is CCc1c(CC)c(-c2ccc(OC)cc2)c2c(c1-c1ccc(C)cc1)C(=O)c1ccccc1-2. The lowest BCUT2D eigenvalue weighted by atomic mass is 9.79. The predicted molar refractivity (Wildman–Crippen MR) is 136 cm³/mol. The number of ketones is 1. The lowest BCUT2D eigenvalue weighted by Crippen LogP contribution is -2.07. The van der Waals surface area contributed by atoms with Gasteiger partial charge in [0, 0.05) is 16.7 Å². The lowest BCUT2D eigenvalue weighted by Gasteiger charge is -2.23. The predicted octanol–water partition coefficient (Wildman–Crippen LogP) is 7.67. The van der Waals surface area contributed by atoms with Crippen molar-refractivity contribution < 1.29 is 9.53 Å². The summed E-state index contributed by atoms with van der Waals surface area (Å²) in [5, 5.41) is 0. The van der Waals surface area contributed by atoms with E-state index in [9.17, 15) is 4.79 Å². The van der Waals surface area contributed by atoms with Crippen LogP contribution in [0.5, 0.6) is 5.75 Å². The second-order valence-corrected chi connectivity index (χ2v) is 8.63. The third-order valence-corrected chi connectivity index (χ3v) is 6.81. The zero-order chi connectivity index (χ0) is 23.1. The summed E-state index contributed by atoms with van der Waals surface area (Å²) in [5.74, 6) is 0.959. The smallest absolute Gasteiger partial charge is 0.194 e. The molecule has 0 aromatic heterocycles. The van der Waals surface area contributed by atoms with E-state index >= 15 is 0 Å². The number of rotatable bonds is 5. The molecule has 0 N–H and O–H groups in total. The van der Waals surface area contributed by atoms with Gasteiger partial charge < -0.3 is 4.74 Å². The van der Waals surface area contributed by atoms with E-state index in [4.69, 9.17) is 4.74 Å². The van der Waals surface area contributed by atoms with Gasteiger partial charge in [-0.3, -0.25) is 4.79 Å². The van der Waals surface area contributed by atoms with Crippen LogP contribution in [0.1, 0.15) is 46.5 Å². The Morgan fingerprint density at radius 1 is 0.636 bits per heavy atom. The Balaban J connectivity index is 1.94. The fourth-order valence-electron chi connectivity index (χ4n) is 5.28. The highest BCUT2D eigenvalue weighted by atomic mass is 16.5. The van der Waals surface area contributed by atoms with Crippen LogP contribution in [0.15, 0.2) is 72.8 Å². The topological polar surface area (TPSA) is 26.3 Å². The molecule has 4 aromatic carbocycles. The van der Waals surface area contributed by atoms with E-state index in [-0.39, 0.29) is 5.78 Å². The summed E-state index contributed by atoms with van der Waals surface area (Å²) < 4.78 is 5.40. The monoisotopic (exact) mass is 432 g/mol. The highest BCUT2D eigenvalue weighted by Gasteiger charge is 2.35. The maximum Gasteiger partial charge on any atom is 0.194 e. The molecule has 0 spiro atoms. The second-order valence-electron chi connectivity index (χ2n) is 8.63. The molecule has 0 aliphatic heterocycles. The van der Waals surface area contributed by atoms with Gasteiger partial charge in [-0.25, -0.2) is 0 Å². The number of fused-ring (bicyclic) bond motifs is 3. The zero-order valence-corrected chi connectivity index (χ0v) is 19.7. The average molecular weight is 433 g/mol. The molecule has 0 saturated carbocycles. The van der Waals surface area contributed by atoms with Crippen molar-refractivity contribution in [3.63, 3.8) is 0 Å². The maximum atomic E-state index is 13.9. The van der Waals surface area contributed by atoms with Gasteiger partial charge >= 0.3 is 0 Å². The first-order valence-electron chi connectivity index (χ1n) is 11.7. The minimum atomic E-state index is 0.128. The van der Waals surface area contributed by atoms with E-state index in [1.807, 2.05) is 30.3 Å². The molecule has 1 aliphatic rings. The minimum Gasteiger partial charge on any atom is -0.497 e. The van der Waals surface area contributed by atoms with Crippen LogP contribution in [-0.4, -0.2) is 12.9 Å². The summed E-state index contributed by atoms with van der Waals surface area (Å²) in [6.45, 7) is 6.51. The molecule has 0 atom stereocenters. The summed E-state index contributed by atoms with van der Waals surface area (Å²) in [5.41, 5.74) is 12.1. The van der Waals surface area contributed by atoms with Gasteiger partial charge in [0.15, 0.2) is 5.78 Å². The zero-order valence-electron chi connectivity index (χ0n) is 19.7. The lowest BCUT2D eigenvalue weighted by molar-refractivity contribution is 0.104. The summed E-state index contributed by atoms with van der Waals surface area (Å²) in [6, 6.07) is 24.9. The van der Waals surface area contributed by atoms with E-state index in [0.29, 0.717) is 0 Å². The highest BCUT2D eigenvalue weighted by Crippen LogP contribution is 2.51. The van der Waals surface area contributed by atoms with Gasteiger partial charge in [0.2, 0.25) is 0 Å². The number of ether oxygens (including phenoxy) is 1. The van der Waals surface area contributed by atoms with E-state index < -0.39 is 0 Å². The Bertz CT molecular complexity index is 1360. The standard InChI is InChI=1S/C31H28O2/c1-5-23-24(6-2)28(20-13-11-19(3)12-14-20)30-29(25-9-7-8-10-26(25)31(30)32)27(23)21-15-17-22(33-4)18-16-21/h7-18H,5-6H2,1-4H3. The molecule has 0 amide bonds. The van der Waals surface area contributed by atoms with Crippen molar-refractivity contribution in [2.24, 2.45) is 0 Å². The Kier molecular flexibility index (Phi) is 5.38. The molecule has 0 unspecified atom stereocenters. The number of hydrogen-bond donors (Lipinski definition) is 0. The third-order valence-electron chi connectivity index (χ3n) is 6.81. The first-order chi connectivity index (χ1) is 16.1. The summed E-state index contributed by atoms with van der Waals surface area (Å²) in [6.07, 6.45) is 1.76. The van der Waals surface area contributed by atoms with Gasteiger partial charge in [-0.1, -0.05) is 80.1 Å². The van der Waals surface area contributed by atoms with Crippen molar-refractivity contribution >= 4 is 5.78 Å². The van der Waals surface area contributed by atoms with Crippen molar-refractivity contribution in [2.75, 3.05) is 7.11 Å². The van der Waals surface area contributed by atoms with Crippen molar-refractivity contribution in [1.29, 1.82) is 0 Å². The van der Waals surface area contributed by atoms with Gasteiger partial charge in [-0.05, 0) is 70.8 Å². The number of methoxy groups -OCH3 is 1. The normalized spacial score (nSPS) is 11.9. The first-order valence-corrected chi connectivity index (χ1v) is 11.7. The van der Waals surface area contributed by atoms with E-state index in [1.165, 1.54) is 22.3 Å². The Morgan fingerprint density at radius 3 is 1.70 bits per heavy atom. The van der Waals surface area contributed by atoms with Crippen molar-refractivity contribution in [2.45, 2.75) is 33.6 Å². The van der Waals surface area contributed by atoms with E-state index in [0.717, 1.165) is 57.5 Å². The fraction of sp³-hybridized carbons (Fsp3) is 0.194. The number of carbonyl (C=O) groups excluding carboxylic acids is 1. The van der Waals surface area contributed by atoms with Gasteiger partial charge in [0.1, 0.15) is 5.75 Å². The van der Waals surface area contributed by atoms with Crippen LogP contribution in [0.2, 0.25) is 0 Å². The summed E-state index contributed by atoms with van der Waals surface area (Å²) in [7, 11) is 1.69. The number of aryl methyl sites for hydroxylation is 1. The molecule has 0 saturated heterocycles. The molecular weight excluding hydrogens is 404 g/mol. The fourth-order valence-corrected chi connectivity index (χ4v) is 5.28. The van der Waals surface area contributed by atoms with Gasteiger partial charge in [0.05, 0.1) is 7.11 Å². The van der Waals surface area contributed by atoms with Gasteiger partial charge in [-0.15, -0.1) is 0 Å². The van der Waals surface area contributed by atoms with E-state index in [1.54, 1.807) is 7.11 Å². The number of hydrogen-bond acceptors (Lipinski definition) is 2. The molecular formula is C31H28O2. The molecule has 1 aliphatic carbocycles. The van der Waals surface area contributed by atoms with Crippen LogP contribution >= 0.6 is 0 Å². The molecule has 2 heteroatoms. The van der Waals surface area contributed by atoms with Crippen LogP contribution < -0.4 is 4.74 Å². The van der Waals surface area contributed by atoms with Crippen LogP contribution in [0, 0.1) is 6.92 Å². The summed E-state index contributed by atoms with van der Waals surface area (Å²) >= 11 is 0. The molecule has 0 fully saturated rings. The highest BCUT2D eigenvalue weighted by molar-refractivity contribution is 6.27. The third kappa shape index (κ3) is 3.29. The Morgan fingerprint density at radius 2 is 1.15 bits per heavy atom. The average Bonchev–Trinajstić information content (AvgIpc) is 3.15. The Hall–Kier alpha value is -3.65. The van der Waals surface area contributed by atoms with Crippen molar-refractivity contribution in [3.05, 3.63) is 101 Å². The molecule has 0 bridgehead atoms. The molecule has 33 heavy (non-hydrogen) atoms. The quantitative estimate of drug-likeness (QED) is 0.285. The molecule has 5 rings (SSSR count). The van der Waals surface area contributed by atoms with Crippen LogP contribution in [0.25, 0.3) is 33.4 Å². The number of benzene rings is 4.